The molecular formula is C19H23FN4. The minimum absolute atomic E-state index is 0.106. The molecule has 3 rings (SSSR count). The molecule has 1 fully saturated rings. The molecule has 24 heavy (non-hydrogen) atoms. The largest absolute Gasteiger partial charge is 0.357 e. The fraction of sp³-hybridized carbons (Fsp3) is 0.368. The number of aliphatic imine (C=N–C) groups is 1. The fourth-order valence-corrected chi connectivity index (χ4v) is 2.77. The van der Waals surface area contributed by atoms with Crippen molar-refractivity contribution in [2.24, 2.45) is 4.99 Å². The van der Waals surface area contributed by atoms with Crippen LogP contribution in [0.1, 0.15) is 31.0 Å². The van der Waals surface area contributed by atoms with Crippen molar-refractivity contribution in [1.29, 1.82) is 0 Å². The second-order valence-electron chi connectivity index (χ2n) is 6.16. The molecule has 1 aromatic heterocycles. The van der Waals surface area contributed by atoms with Gasteiger partial charge in [0.25, 0.3) is 0 Å². The Balaban J connectivity index is 1.62. The second-order valence-corrected chi connectivity index (χ2v) is 6.16. The van der Waals surface area contributed by atoms with Crippen molar-refractivity contribution in [2.75, 3.05) is 13.1 Å². The zero-order valence-electron chi connectivity index (χ0n) is 13.9. The van der Waals surface area contributed by atoms with E-state index >= 15 is 0 Å². The maximum Gasteiger partial charge on any atom is 0.191 e. The van der Waals surface area contributed by atoms with Crippen molar-refractivity contribution in [3.8, 4) is 0 Å². The Kier molecular flexibility index (Phi) is 5.08. The molecule has 0 spiro atoms. The summed E-state index contributed by atoms with van der Waals surface area (Å²) in [6, 6.07) is 12.7. The summed E-state index contributed by atoms with van der Waals surface area (Å²) in [5.74, 6) is 0.601. The summed E-state index contributed by atoms with van der Waals surface area (Å²) in [7, 11) is 0. The van der Waals surface area contributed by atoms with E-state index in [1.807, 2.05) is 37.3 Å². The van der Waals surface area contributed by atoms with Crippen LogP contribution in [0.2, 0.25) is 0 Å². The van der Waals surface area contributed by atoms with Gasteiger partial charge in [-0.1, -0.05) is 18.2 Å². The molecule has 0 radical (unpaired) electrons. The minimum atomic E-state index is -0.187. The van der Waals surface area contributed by atoms with E-state index in [-0.39, 0.29) is 11.2 Å². The van der Waals surface area contributed by atoms with Crippen LogP contribution in [0.5, 0.6) is 0 Å². The van der Waals surface area contributed by atoms with Crippen LogP contribution < -0.4 is 10.6 Å². The molecule has 0 bridgehead atoms. The molecule has 4 nitrogen and oxygen atoms in total. The summed E-state index contributed by atoms with van der Waals surface area (Å²) in [4.78, 5) is 8.88. The van der Waals surface area contributed by atoms with Gasteiger partial charge >= 0.3 is 0 Å². The van der Waals surface area contributed by atoms with Crippen molar-refractivity contribution in [3.63, 3.8) is 0 Å². The van der Waals surface area contributed by atoms with Crippen LogP contribution in [0.25, 0.3) is 0 Å². The Bertz CT molecular complexity index is 678. The molecule has 1 aliphatic rings. The number of nitrogens with one attached hydrogen (secondary N) is 2. The van der Waals surface area contributed by atoms with Crippen LogP contribution in [0.3, 0.4) is 0 Å². The van der Waals surface area contributed by atoms with E-state index in [9.17, 15) is 4.39 Å². The summed E-state index contributed by atoms with van der Waals surface area (Å²) in [6.07, 6.45) is 4.01. The van der Waals surface area contributed by atoms with Crippen LogP contribution in [-0.2, 0) is 12.0 Å². The Morgan fingerprint density at radius 2 is 1.96 bits per heavy atom. The molecule has 5 heteroatoms. The molecule has 0 atom stereocenters. The van der Waals surface area contributed by atoms with Crippen LogP contribution in [0.15, 0.2) is 53.7 Å². The van der Waals surface area contributed by atoms with Crippen LogP contribution in [0.4, 0.5) is 4.39 Å². The summed E-state index contributed by atoms with van der Waals surface area (Å²) < 4.78 is 13.1. The lowest BCUT2D eigenvalue weighted by Crippen LogP contribution is -2.41. The predicted octanol–water partition coefficient (Wildman–Crippen LogP) is 3.01. The highest BCUT2D eigenvalue weighted by atomic mass is 19.1. The number of rotatable bonds is 6. The van der Waals surface area contributed by atoms with E-state index in [1.165, 1.54) is 17.7 Å². The van der Waals surface area contributed by atoms with Gasteiger partial charge in [-0.3, -0.25) is 4.98 Å². The lowest BCUT2D eigenvalue weighted by molar-refractivity contribution is 0.617. The van der Waals surface area contributed by atoms with Crippen LogP contribution in [0, 0.1) is 5.82 Å². The Labute approximate surface area is 142 Å². The normalized spacial score (nSPS) is 15.8. The molecule has 126 valence electrons. The number of hydrogen-bond acceptors (Lipinski definition) is 2. The van der Waals surface area contributed by atoms with E-state index in [2.05, 4.69) is 20.6 Å². The van der Waals surface area contributed by atoms with Gasteiger partial charge in [0.2, 0.25) is 0 Å². The number of aromatic nitrogens is 1. The Morgan fingerprint density at radius 1 is 1.17 bits per heavy atom. The third kappa shape index (κ3) is 4.10. The minimum Gasteiger partial charge on any atom is -0.357 e. The molecule has 0 saturated heterocycles. The Morgan fingerprint density at radius 3 is 2.58 bits per heavy atom. The maximum atomic E-state index is 13.1. The molecule has 0 amide bonds. The van der Waals surface area contributed by atoms with Crippen LogP contribution >= 0.6 is 0 Å². The first-order valence-corrected chi connectivity index (χ1v) is 8.40. The first-order valence-electron chi connectivity index (χ1n) is 8.40. The first-order chi connectivity index (χ1) is 11.7. The molecular weight excluding hydrogens is 303 g/mol. The number of halogens is 1. The molecule has 1 aromatic carbocycles. The van der Waals surface area contributed by atoms with Crippen molar-refractivity contribution in [1.82, 2.24) is 15.6 Å². The van der Waals surface area contributed by atoms with Crippen molar-refractivity contribution in [3.05, 3.63) is 65.7 Å². The third-order valence-electron chi connectivity index (χ3n) is 4.37. The highest BCUT2D eigenvalue weighted by molar-refractivity contribution is 5.79. The van der Waals surface area contributed by atoms with Gasteiger partial charge in [-0.2, -0.15) is 0 Å². The monoisotopic (exact) mass is 326 g/mol. The third-order valence-corrected chi connectivity index (χ3v) is 4.37. The van der Waals surface area contributed by atoms with Gasteiger partial charge in [0.05, 0.1) is 12.2 Å². The Hall–Kier alpha value is -2.43. The summed E-state index contributed by atoms with van der Waals surface area (Å²) in [5.41, 5.74) is 2.24. The number of guanidine groups is 1. The quantitative estimate of drug-likeness (QED) is 0.634. The summed E-state index contributed by atoms with van der Waals surface area (Å²) in [5, 5.41) is 6.69. The highest BCUT2D eigenvalue weighted by Gasteiger charge is 2.44. The maximum absolute atomic E-state index is 13.1. The molecule has 2 aromatic rings. The van der Waals surface area contributed by atoms with Crippen molar-refractivity contribution in [2.45, 2.75) is 31.7 Å². The van der Waals surface area contributed by atoms with Gasteiger partial charge in [0.15, 0.2) is 5.96 Å². The van der Waals surface area contributed by atoms with Gasteiger partial charge < -0.3 is 10.6 Å². The average Bonchev–Trinajstić information content (AvgIpc) is 3.40. The topological polar surface area (TPSA) is 49.3 Å². The SMILES string of the molecule is CCNC(=NCc1ccccn1)NCC1(c2ccc(F)cc2)CC1. The summed E-state index contributed by atoms with van der Waals surface area (Å²) >= 11 is 0. The number of pyridine rings is 1. The molecule has 1 saturated carbocycles. The first kappa shape index (κ1) is 16.4. The molecule has 1 heterocycles. The van der Waals surface area contributed by atoms with E-state index in [4.69, 9.17) is 0 Å². The second kappa shape index (κ2) is 7.43. The molecule has 1 aliphatic carbocycles. The number of benzene rings is 1. The smallest absolute Gasteiger partial charge is 0.191 e. The van der Waals surface area contributed by atoms with E-state index < -0.39 is 0 Å². The lowest BCUT2D eigenvalue weighted by Gasteiger charge is -2.19. The molecule has 0 aliphatic heterocycles. The molecule has 2 N–H and O–H groups in total. The van der Waals surface area contributed by atoms with Gasteiger partial charge in [-0.15, -0.1) is 0 Å². The van der Waals surface area contributed by atoms with Gasteiger partial charge in [0, 0.05) is 24.7 Å². The zero-order valence-corrected chi connectivity index (χ0v) is 13.9. The highest BCUT2D eigenvalue weighted by Crippen LogP contribution is 2.47. The standard InChI is InChI=1S/C19H23FN4/c1-2-21-18(23-13-17-5-3-4-12-22-17)24-14-19(10-11-19)15-6-8-16(20)9-7-15/h3-9,12H,2,10-11,13-14H2,1H3,(H2,21,23,24). The van der Waals surface area contributed by atoms with Gasteiger partial charge in [-0.25, -0.2) is 9.38 Å². The lowest BCUT2D eigenvalue weighted by atomic mass is 9.96. The van der Waals surface area contributed by atoms with Gasteiger partial charge in [-0.05, 0) is 49.6 Å². The number of nitrogens with zero attached hydrogens (tertiary/aromatic N) is 2. The van der Waals surface area contributed by atoms with Crippen molar-refractivity contribution >= 4 is 5.96 Å². The summed E-state index contributed by atoms with van der Waals surface area (Å²) in [6.45, 7) is 4.19. The van der Waals surface area contributed by atoms with Crippen molar-refractivity contribution < 1.29 is 4.39 Å². The average molecular weight is 326 g/mol. The van der Waals surface area contributed by atoms with Gasteiger partial charge in [0.1, 0.15) is 5.82 Å². The predicted molar refractivity (Wildman–Crippen MR) is 94.4 cm³/mol. The van der Waals surface area contributed by atoms with E-state index in [0.717, 1.165) is 37.6 Å². The zero-order chi connectivity index (χ0) is 16.8. The number of hydrogen-bond donors (Lipinski definition) is 2. The van der Waals surface area contributed by atoms with Crippen LogP contribution in [-0.4, -0.2) is 24.0 Å². The van der Waals surface area contributed by atoms with E-state index in [0.29, 0.717) is 6.54 Å². The fourth-order valence-electron chi connectivity index (χ4n) is 2.77. The van der Waals surface area contributed by atoms with E-state index in [1.54, 1.807) is 6.20 Å². The molecule has 0 unspecified atom stereocenters.